The van der Waals surface area contributed by atoms with Gasteiger partial charge in [-0.3, -0.25) is 0 Å². The predicted octanol–water partition coefficient (Wildman–Crippen LogP) is 5.43. The minimum atomic E-state index is 0.237. The molecule has 0 amide bonds. The molecule has 0 aromatic carbocycles. The minimum Gasteiger partial charge on any atom is -0.487 e. The van der Waals surface area contributed by atoms with Crippen LogP contribution in [-0.4, -0.2) is 31.5 Å². The highest BCUT2D eigenvalue weighted by molar-refractivity contribution is 8.02. The van der Waals surface area contributed by atoms with Crippen molar-refractivity contribution < 1.29 is 14.3 Å². The number of nitrogens with zero attached hydrogens (tertiary/aromatic N) is 1. The van der Waals surface area contributed by atoms with E-state index in [1.807, 2.05) is 26.0 Å². The third kappa shape index (κ3) is 10.1. The molecule has 0 unspecified atom stereocenters. The quantitative estimate of drug-likeness (QED) is 0.147. The molecule has 0 aliphatic rings. The molecule has 29 heavy (non-hydrogen) atoms. The maximum atomic E-state index is 10.6. The van der Waals surface area contributed by atoms with Crippen molar-refractivity contribution in [2.45, 2.75) is 25.3 Å². The van der Waals surface area contributed by atoms with Crippen molar-refractivity contribution in [1.29, 1.82) is 0 Å². The average molecular weight is 435 g/mol. The van der Waals surface area contributed by atoms with Crippen LogP contribution in [0.5, 0.6) is 0 Å². The Morgan fingerprint density at radius 3 is 2.59 bits per heavy atom. The number of aldehydes is 1. The van der Waals surface area contributed by atoms with Crippen molar-refractivity contribution >= 4 is 29.6 Å². The van der Waals surface area contributed by atoms with Gasteiger partial charge in [0.1, 0.15) is 30.3 Å². The van der Waals surface area contributed by atoms with Gasteiger partial charge in [0.15, 0.2) is 5.09 Å². The lowest BCUT2D eigenvalue weighted by atomic mass is 10.2. The maximum Gasteiger partial charge on any atom is 0.182 e. The monoisotopic (exact) mass is 434 g/mol. The number of hydrogen-bond acceptors (Lipinski definition) is 6. The molecule has 0 saturated heterocycles. The second-order valence-electron chi connectivity index (χ2n) is 6.12. The Kier molecular flexibility index (Phi) is 11.6. The summed E-state index contributed by atoms with van der Waals surface area (Å²) in [5.41, 5.74) is 2.57. The molecule has 1 rings (SSSR count). The minimum absolute atomic E-state index is 0.237. The number of thioether (sulfide) groups is 1. The van der Waals surface area contributed by atoms with Crippen molar-refractivity contribution in [2.24, 2.45) is 0 Å². The van der Waals surface area contributed by atoms with Gasteiger partial charge in [-0.25, -0.2) is 4.98 Å². The fourth-order valence-corrected chi connectivity index (χ4v) is 2.82. The van der Waals surface area contributed by atoms with Crippen LogP contribution in [0, 0.1) is 0 Å². The van der Waals surface area contributed by atoms with Gasteiger partial charge in [0.25, 0.3) is 0 Å². The van der Waals surface area contributed by atoms with E-state index < -0.39 is 0 Å². The molecule has 0 fully saturated rings. The molecule has 1 aromatic rings. The van der Waals surface area contributed by atoms with Crippen LogP contribution in [0.15, 0.2) is 82.4 Å². The molecule has 0 spiro atoms. The van der Waals surface area contributed by atoms with E-state index in [0.717, 1.165) is 28.2 Å². The van der Waals surface area contributed by atoms with Gasteiger partial charge in [-0.1, -0.05) is 36.4 Å². The van der Waals surface area contributed by atoms with E-state index in [0.29, 0.717) is 28.9 Å². The first kappa shape index (κ1) is 24.6. The van der Waals surface area contributed by atoms with Gasteiger partial charge in [0, 0.05) is 19.7 Å². The number of nitrogens with one attached hydrogen (secondary N) is 1. The molecule has 1 aromatic heterocycles. The first-order chi connectivity index (χ1) is 13.9. The summed E-state index contributed by atoms with van der Waals surface area (Å²) in [6.45, 7) is 12.0. The molecular formula is C22H27ClN2O3S. The molecule has 0 bridgehead atoms. The van der Waals surface area contributed by atoms with Crippen LogP contribution in [0.25, 0.3) is 0 Å². The molecule has 7 heteroatoms. The molecule has 0 aliphatic carbocycles. The second kappa shape index (κ2) is 13.7. The van der Waals surface area contributed by atoms with Crippen LogP contribution in [-0.2, 0) is 14.3 Å². The van der Waals surface area contributed by atoms with Crippen molar-refractivity contribution in [3.05, 3.63) is 82.4 Å². The number of hydrogen-bond donors (Lipinski definition) is 1. The number of carbonyl (C=O) groups is 1. The van der Waals surface area contributed by atoms with Crippen LogP contribution < -0.4 is 5.32 Å². The summed E-state index contributed by atoms with van der Waals surface area (Å²) in [6.07, 6.45) is 8.05. The van der Waals surface area contributed by atoms with Gasteiger partial charge in [-0.05, 0) is 55.5 Å². The molecule has 0 saturated carbocycles. The Morgan fingerprint density at radius 1 is 1.28 bits per heavy atom. The molecule has 1 heterocycles. The van der Waals surface area contributed by atoms with Gasteiger partial charge in [-0.2, -0.15) is 0 Å². The van der Waals surface area contributed by atoms with Gasteiger partial charge in [0.2, 0.25) is 0 Å². The summed E-state index contributed by atoms with van der Waals surface area (Å²) in [4.78, 5) is 14.9. The number of pyridine rings is 1. The lowest BCUT2D eigenvalue weighted by Gasteiger charge is -2.16. The number of likely N-dealkylation sites (N-methyl/N-ethyl adjacent to an activating group) is 1. The van der Waals surface area contributed by atoms with Crippen LogP contribution in [0.2, 0.25) is 5.02 Å². The van der Waals surface area contributed by atoms with Crippen molar-refractivity contribution in [3.63, 3.8) is 0 Å². The van der Waals surface area contributed by atoms with Gasteiger partial charge < -0.3 is 19.6 Å². The van der Waals surface area contributed by atoms with Crippen LogP contribution in [0.4, 0.5) is 0 Å². The van der Waals surface area contributed by atoms with Crippen LogP contribution in [0.1, 0.15) is 20.3 Å². The lowest BCUT2D eigenvalue weighted by Crippen LogP contribution is -2.16. The van der Waals surface area contributed by atoms with Crippen molar-refractivity contribution in [2.75, 3.05) is 20.3 Å². The highest BCUT2D eigenvalue weighted by Gasteiger charge is 2.12. The normalized spacial score (nSPS) is 12.7. The number of rotatable bonds is 13. The lowest BCUT2D eigenvalue weighted by molar-refractivity contribution is -0.107. The molecule has 0 atom stereocenters. The molecule has 0 radical (unpaired) electrons. The summed E-state index contributed by atoms with van der Waals surface area (Å²) < 4.78 is 11.8. The van der Waals surface area contributed by atoms with Gasteiger partial charge in [-0.15, -0.1) is 0 Å². The SMILES string of the molecule is C=C/C(=C\C=C(/C)CC=O)OC/C(NC)=C(/OCC(=C)C)Sc1ccc(Cl)cn1. The number of halogens is 1. The summed E-state index contributed by atoms with van der Waals surface area (Å²) in [6, 6.07) is 3.59. The topological polar surface area (TPSA) is 60.5 Å². The summed E-state index contributed by atoms with van der Waals surface area (Å²) >= 11 is 7.28. The Labute approximate surface area is 182 Å². The van der Waals surface area contributed by atoms with E-state index in [1.165, 1.54) is 11.8 Å². The molecule has 1 N–H and O–H groups in total. The summed E-state index contributed by atoms with van der Waals surface area (Å²) in [7, 11) is 1.80. The first-order valence-electron chi connectivity index (χ1n) is 8.93. The van der Waals surface area contributed by atoms with E-state index in [9.17, 15) is 4.79 Å². The number of ether oxygens (including phenoxy) is 2. The predicted molar refractivity (Wildman–Crippen MR) is 121 cm³/mol. The molecule has 0 aliphatic heterocycles. The van der Waals surface area contributed by atoms with Crippen molar-refractivity contribution in [1.82, 2.24) is 10.3 Å². The van der Waals surface area contributed by atoms with E-state index in [4.69, 9.17) is 21.1 Å². The number of allylic oxidation sites excluding steroid dienone is 4. The van der Waals surface area contributed by atoms with E-state index >= 15 is 0 Å². The zero-order valence-corrected chi connectivity index (χ0v) is 18.6. The standard InChI is InChI=1S/C22H27ClN2O3S/c1-6-19(9-7-17(4)11-12-26)27-15-20(24-5)22(28-14-16(2)3)29-21-10-8-18(23)13-25-21/h6-10,12-13,24H,1-2,11,14-15H2,3-5H3/b17-7+,19-9+,22-20+. The number of aromatic nitrogens is 1. The first-order valence-corrected chi connectivity index (χ1v) is 10.1. The van der Waals surface area contributed by atoms with Crippen molar-refractivity contribution in [3.8, 4) is 0 Å². The van der Waals surface area contributed by atoms with Gasteiger partial charge in [0.05, 0.1) is 10.7 Å². The van der Waals surface area contributed by atoms with Gasteiger partial charge >= 0.3 is 0 Å². The zero-order chi connectivity index (χ0) is 21.6. The average Bonchev–Trinajstić information content (AvgIpc) is 2.70. The number of carbonyl (C=O) groups excluding carboxylic acids is 1. The van der Waals surface area contributed by atoms with E-state index in [-0.39, 0.29) is 6.61 Å². The maximum absolute atomic E-state index is 10.6. The third-order valence-electron chi connectivity index (χ3n) is 3.42. The van der Waals surface area contributed by atoms with E-state index in [1.54, 1.807) is 31.5 Å². The molecular weight excluding hydrogens is 408 g/mol. The molecule has 156 valence electrons. The summed E-state index contributed by atoms with van der Waals surface area (Å²) in [5.74, 6) is 0.580. The Balaban J connectivity index is 3.02. The zero-order valence-electron chi connectivity index (χ0n) is 17.0. The highest BCUT2D eigenvalue weighted by atomic mass is 35.5. The smallest absolute Gasteiger partial charge is 0.182 e. The Bertz CT molecular complexity index is 799. The third-order valence-corrected chi connectivity index (χ3v) is 4.64. The Hall–Kier alpha value is -2.44. The molecule has 5 nitrogen and oxygen atoms in total. The fraction of sp³-hybridized carbons (Fsp3) is 0.273. The highest BCUT2D eigenvalue weighted by Crippen LogP contribution is 2.29. The fourth-order valence-electron chi connectivity index (χ4n) is 1.87. The largest absolute Gasteiger partial charge is 0.487 e. The van der Waals surface area contributed by atoms with E-state index in [2.05, 4.69) is 23.5 Å². The second-order valence-corrected chi connectivity index (χ2v) is 7.55. The van der Waals surface area contributed by atoms with Crippen LogP contribution in [0.3, 0.4) is 0 Å². The Morgan fingerprint density at radius 2 is 2.03 bits per heavy atom. The summed E-state index contributed by atoms with van der Waals surface area (Å²) in [5, 5.41) is 5.06. The van der Waals surface area contributed by atoms with Crippen LogP contribution >= 0.6 is 23.4 Å².